The number of H-pyrrole nitrogens is 1. The van der Waals surface area contributed by atoms with Gasteiger partial charge in [-0.25, -0.2) is 19.3 Å². The lowest BCUT2D eigenvalue weighted by Gasteiger charge is -2.23. The summed E-state index contributed by atoms with van der Waals surface area (Å²) in [5.74, 6) is 0.103. The van der Waals surface area contributed by atoms with Gasteiger partial charge in [-0.05, 0) is 37.1 Å². The smallest absolute Gasteiger partial charge is 0.255 e. The second kappa shape index (κ2) is 10.6. The van der Waals surface area contributed by atoms with Gasteiger partial charge in [0.2, 0.25) is 5.91 Å². The van der Waals surface area contributed by atoms with Crippen LogP contribution in [0, 0.1) is 12.7 Å². The summed E-state index contributed by atoms with van der Waals surface area (Å²) in [5, 5.41) is 0. The van der Waals surface area contributed by atoms with E-state index < -0.39 is 0 Å². The number of nitrogens with one attached hydrogen (secondary N) is 1. The number of benzene rings is 1. The Morgan fingerprint density at radius 3 is 2.48 bits per heavy atom. The molecule has 0 fully saturated rings. The van der Waals surface area contributed by atoms with Gasteiger partial charge in [-0.1, -0.05) is 31.9 Å². The van der Waals surface area contributed by atoms with Crippen molar-refractivity contribution in [1.29, 1.82) is 0 Å². The van der Waals surface area contributed by atoms with Crippen LogP contribution in [0.5, 0.6) is 0 Å². The Kier molecular flexibility index (Phi) is 7.59. The Morgan fingerprint density at radius 1 is 1.13 bits per heavy atom. The van der Waals surface area contributed by atoms with E-state index in [1.165, 1.54) is 12.1 Å². The Balaban J connectivity index is 1.79. The molecule has 0 aliphatic heterocycles. The Labute approximate surface area is 180 Å². The maximum absolute atomic E-state index is 13.2. The average Bonchev–Trinajstić information content (AvgIpc) is 2.77. The highest BCUT2D eigenvalue weighted by molar-refractivity contribution is 5.79. The minimum absolute atomic E-state index is 0.0581. The van der Waals surface area contributed by atoms with Crippen LogP contribution in [-0.4, -0.2) is 37.3 Å². The van der Waals surface area contributed by atoms with Crippen LogP contribution in [0.1, 0.15) is 43.0 Å². The first-order valence-electron chi connectivity index (χ1n) is 10.4. The van der Waals surface area contributed by atoms with Gasteiger partial charge < -0.3 is 9.88 Å². The van der Waals surface area contributed by atoms with Gasteiger partial charge in [-0.3, -0.25) is 9.59 Å². The number of unbranched alkanes of at least 4 members (excludes halogenated alkanes) is 2. The van der Waals surface area contributed by atoms with Crippen molar-refractivity contribution in [1.82, 2.24) is 24.8 Å². The van der Waals surface area contributed by atoms with Crippen molar-refractivity contribution in [3.63, 3.8) is 0 Å². The number of amides is 1. The number of carbonyl (C=O) groups is 1. The third-order valence-corrected chi connectivity index (χ3v) is 5.00. The van der Waals surface area contributed by atoms with E-state index in [1.54, 1.807) is 42.4 Å². The van der Waals surface area contributed by atoms with E-state index in [1.807, 2.05) is 0 Å². The molecule has 1 N–H and O–H groups in total. The molecule has 8 heteroatoms. The lowest BCUT2D eigenvalue weighted by atomic mass is 10.1. The topological polar surface area (TPSA) is 91.8 Å². The summed E-state index contributed by atoms with van der Waals surface area (Å²) >= 11 is 0. The van der Waals surface area contributed by atoms with Gasteiger partial charge in [-0.2, -0.15) is 0 Å². The van der Waals surface area contributed by atoms with Crippen LogP contribution in [0.25, 0.3) is 11.6 Å². The molecule has 0 radical (unpaired) electrons. The van der Waals surface area contributed by atoms with E-state index >= 15 is 0 Å². The molecule has 1 amide bonds. The maximum atomic E-state index is 13.2. The van der Waals surface area contributed by atoms with E-state index in [0.717, 1.165) is 24.8 Å². The number of aromatic nitrogens is 4. The molecule has 2 heterocycles. The fraction of sp³-hybridized carbons (Fsp3) is 0.348. The predicted molar refractivity (Wildman–Crippen MR) is 116 cm³/mol. The summed E-state index contributed by atoms with van der Waals surface area (Å²) in [4.78, 5) is 42.8. The molecule has 31 heavy (non-hydrogen) atoms. The van der Waals surface area contributed by atoms with Crippen molar-refractivity contribution in [3.8, 4) is 11.6 Å². The van der Waals surface area contributed by atoms with Gasteiger partial charge in [0.05, 0.1) is 6.42 Å². The summed E-state index contributed by atoms with van der Waals surface area (Å²) in [6.45, 7) is 4.73. The molecular weight excluding hydrogens is 397 g/mol. The molecule has 3 rings (SSSR count). The van der Waals surface area contributed by atoms with Gasteiger partial charge in [0.25, 0.3) is 5.56 Å². The van der Waals surface area contributed by atoms with Crippen LogP contribution in [0.15, 0.2) is 47.5 Å². The standard InChI is InChI=1S/C23H26FN5O2/c1-3-4-5-13-29(15-17-7-9-18(24)10-8-17)20(30)14-19-16(2)27-22(28-23(19)31)21-25-11-6-12-26-21/h6-12H,3-5,13-15H2,1-2H3,(H,27,28,31). The molecule has 0 saturated carbocycles. The Morgan fingerprint density at radius 2 is 1.84 bits per heavy atom. The molecule has 0 saturated heterocycles. The van der Waals surface area contributed by atoms with Crippen molar-refractivity contribution >= 4 is 5.91 Å². The minimum atomic E-state index is -0.376. The zero-order valence-electron chi connectivity index (χ0n) is 17.8. The van der Waals surface area contributed by atoms with E-state index in [2.05, 4.69) is 26.9 Å². The number of rotatable bonds is 9. The van der Waals surface area contributed by atoms with Gasteiger partial charge in [-0.15, -0.1) is 0 Å². The van der Waals surface area contributed by atoms with Gasteiger partial charge >= 0.3 is 0 Å². The summed E-state index contributed by atoms with van der Waals surface area (Å²) in [6, 6.07) is 7.78. The van der Waals surface area contributed by atoms with Crippen LogP contribution in [0.2, 0.25) is 0 Å². The number of halogens is 1. The fourth-order valence-electron chi connectivity index (χ4n) is 3.26. The quantitative estimate of drug-likeness (QED) is 0.533. The fourth-order valence-corrected chi connectivity index (χ4v) is 3.26. The second-order valence-corrected chi connectivity index (χ2v) is 7.38. The number of hydrogen-bond acceptors (Lipinski definition) is 5. The largest absolute Gasteiger partial charge is 0.338 e. The van der Waals surface area contributed by atoms with E-state index in [4.69, 9.17) is 0 Å². The highest BCUT2D eigenvalue weighted by Crippen LogP contribution is 2.13. The average molecular weight is 423 g/mol. The minimum Gasteiger partial charge on any atom is -0.338 e. The monoisotopic (exact) mass is 423 g/mol. The van der Waals surface area contributed by atoms with Crippen LogP contribution in [-0.2, 0) is 17.8 Å². The first-order valence-corrected chi connectivity index (χ1v) is 10.4. The summed E-state index contributed by atoms with van der Waals surface area (Å²) < 4.78 is 13.2. The highest BCUT2D eigenvalue weighted by Gasteiger charge is 2.19. The predicted octanol–water partition coefficient (Wildman–Crippen LogP) is 3.44. The molecule has 3 aromatic rings. The number of aromatic amines is 1. The normalized spacial score (nSPS) is 10.8. The highest BCUT2D eigenvalue weighted by atomic mass is 19.1. The number of hydrogen-bond donors (Lipinski definition) is 1. The van der Waals surface area contributed by atoms with Gasteiger partial charge in [0, 0.05) is 36.7 Å². The molecule has 0 unspecified atom stereocenters. The van der Waals surface area contributed by atoms with E-state index in [-0.39, 0.29) is 29.5 Å². The third kappa shape index (κ3) is 6.04. The molecular formula is C23H26FN5O2. The number of aryl methyl sites for hydroxylation is 1. The van der Waals surface area contributed by atoms with Crippen molar-refractivity contribution in [2.45, 2.75) is 46.1 Å². The molecule has 162 valence electrons. The molecule has 0 atom stereocenters. The van der Waals surface area contributed by atoms with Gasteiger partial charge in [0.1, 0.15) is 5.82 Å². The second-order valence-electron chi connectivity index (χ2n) is 7.38. The van der Waals surface area contributed by atoms with Crippen molar-refractivity contribution < 1.29 is 9.18 Å². The molecule has 0 bridgehead atoms. The summed E-state index contributed by atoms with van der Waals surface area (Å²) in [7, 11) is 0. The molecule has 0 aliphatic carbocycles. The molecule has 0 aliphatic rings. The lowest BCUT2D eigenvalue weighted by molar-refractivity contribution is -0.131. The molecule has 1 aromatic carbocycles. The van der Waals surface area contributed by atoms with Crippen molar-refractivity contribution in [2.24, 2.45) is 0 Å². The van der Waals surface area contributed by atoms with Gasteiger partial charge in [0.15, 0.2) is 11.6 Å². The first-order chi connectivity index (χ1) is 15.0. The number of nitrogens with zero attached hydrogens (tertiary/aromatic N) is 4. The first kappa shape index (κ1) is 22.3. The van der Waals surface area contributed by atoms with Crippen LogP contribution in [0.3, 0.4) is 0 Å². The third-order valence-electron chi connectivity index (χ3n) is 5.00. The SMILES string of the molecule is CCCCCN(Cc1ccc(F)cc1)C(=O)Cc1c(C)nc(-c2ncccn2)[nH]c1=O. The molecule has 0 spiro atoms. The molecule has 2 aromatic heterocycles. The van der Waals surface area contributed by atoms with Crippen molar-refractivity contribution in [2.75, 3.05) is 6.54 Å². The van der Waals surface area contributed by atoms with Crippen LogP contribution < -0.4 is 5.56 Å². The van der Waals surface area contributed by atoms with Crippen molar-refractivity contribution in [3.05, 3.63) is 75.7 Å². The zero-order chi connectivity index (χ0) is 22.2. The zero-order valence-corrected chi connectivity index (χ0v) is 17.8. The van der Waals surface area contributed by atoms with Crippen LogP contribution in [0.4, 0.5) is 4.39 Å². The molecule has 7 nitrogen and oxygen atoms in total. The van der Waals surface area contributed by atoms with Crippen LogP contribution >= 0.6 is 0 Å². The summed E-state index contributed by atoms with van der Waals surface area (Å²) in [6.07, 6.45) is 5.97. The Bertz CT molecular complexity index is 1070. The lowest BCUT2D eigenvalue weighted by Crippen LogP contribution is -2.34. The Hall–Kier alpha value is -3.42. The van der Waals surface area contributed by atoms with E-state index in [9.17, 15) is 14.0 Å². The summed E-state index contributed by atoms with van der Waals surface area (Å²) in [5.41, 5.74) is 1.25. The van der Waals surface area contributed by atoms with E-state index in [0.29, 0.717) is 30.2 Å². The number of carbonyl (C=O) groups excluding carboxylic acids is 1. The maximum Gasteiger partial charge on any atom is 0.255 e.